The maximum atomic E-state index is 11.6. The monoisotopic (exact) mass is 290 g/mol. The summed E-state index contributed by atoms with van der Waals surface area (Å²) in [4.78, 5) is 24.5. The molecule has 0 radical (unpaired) electrons. The summed E-state index contributed by atoms with van der Waals surface area (Å²) >= 11 is 0. The lowest BCUT2D eigenvalue weighted by molar-refractivity contribution is -0.129. The van der Waals surface area contributed by atoms with E-state index >= 15 is 0 Å². The average Bonchev–Trinajstić information content (AvgIpc) is 2.47. The van der Waals surface area contributed by atoms with Gasteiger partial charge in [-0.3, -0.25) is 9.59 Å². The van der Waals surface area contributed by atoms with Crippen molar-refractivity contribution in [2.24, 2.45) is 0 Å². The average molecular weight is 290 g/mol. The van der Waals surface area contributed by atoms with Crippen molar-refractivity contribution in [2.75, 3.05) is 26.2 Å². The SMILES string of the molecule is C=CCN(CCNC(=O)CCOc1ccccc1)C(C)=O. The second-order valence-electron chi connectivity index (χ2n) is 4.52. The number of nitrogens with one attached hydrogen (secondary N) is 1. The van der Waals surface area contributed by atoms with Gasteiger partial charge in [-0.2, -0.15) is 0 Å². The lowest BCUT2D eigenvalue weighted by atomic mass is 10.3. The molecule has 2 amide bonds. The summed E-state index contributed by atoms with van der Waals surface area (Å²) < 4.78 is 5.44. The molecule has 0 saturated carbocycles. The van der Waals surface area contributed by atoms with Crippen LogP contribution in [0.25, 0.3) is 0 Å². The van der Waals surface area contributed by atoms with Crippen molar-refractivity contribution in [1.29, 1.82) is 0 Å². The number of amides is 2. The highest BCUT2D eigenvalue weighted by Crippen LogP contribution is 2.08. The Hall–Kier alpha value is -2.30. The van der Waals surface area contributed by atoms with Gasteiger partial charge in [-0.25, -0.2) is 0 Å². The predicted molar refractivity (Wildman–Crippen MR) is 82.0 cm³/mol. The number of carbonyl (C=O) groups excluding carboxylic acids is 2. The van der Waals surface area contributed by atoms with Crippen LogP contribution in [0.1, 0.15) is 13.3 Å². The van der Waals surface area contributed by atoms with Crippen LogP contribution in [0.3, 0.4) is 0 Å². The van der Waals surface area contributed by atoms with E-state index in [2.05, 4.69) is 11.9 Å². The van der Waals surface area contributed by atoms with Gasteiger partial charge in [0, 0.05) is 26.6 Å². The molecular formula is C16H22N2O3. The highest BCUT2D eigenvalue weighted by molar-refractivity contribution is 5.76. The maximum absolute atomic E-state index is 11.6. The smallest absolute Gasteiger partial charge is 0.223 e. The Bertz CT molecular complexity index is 460. The van der Waals surface area contributed by atoms with Crippen molar-refractivity contribution in [3.63, 3.8) is 0 Å². The van der Waals surface area contributed by atoms with Gasteiger partial charge < -0.3 is 15.0 Å². The van der Waals surface area contributed by atoms with E-state index in [9.17, 15) is 9.59 Å². The second-order valence-corrected chi connectivity index (χ2v) is 4.52. The van der Waals surface area contributed by atoms with E-state index < -0.39 is 0 Å². The fraction of sp³-hybridized carbons (Fsp3) is 0.375. The van der Waals surface area contributed by atoms with Crippen LogP contribution in [-0.4, -0.2) is 43.0 Å². The first-order chi connectivity index (χ1) is 10.1. The van der Waals surface area contributed by atoms with Crippen LogP contribution in [0.15, 0.2) is 43.0 Å². The van der Waals surface area contributed by atoms with Gasteiger partial charge in [0.15, 0.2) is 0 Å². The maximum Gasteiger partial charge on any atom is 0.223 e. The summed E-state index contributed by atoms with van der Waals surface area (Å²) in [6.45, 7) is 6.82. The minimum atomic E-state index is -0.0898. The molecule has 0 aliphatic heterocycles. The van der Waals surface area contributed by atoms with E-state index in [1.165, 1.54) is 6.92 Å². The van der Waals surface area contributed by atoms with Crippen LogP contribution >= 0.6 is 0 Å². The summed E-state index contributed by atoms with van der Waals surface area (Å²) in [7, 11) is 0. The molecule has 0 fully saturated rings. The van der Waals surface area contributed by atoms with Crippen LogP contribution in [0.2, 0.25) is 0 Å². The van der Waals surface area contributed by atoms with E-state index in [1.807, 2.05) is 30.3 Å². The summed E-state index contributed by atoms with van der Waals surface area (Å²) in [6, 6.07) is 9.36. The molecule has 0 spiro atoms. The van der Waals surface area contributed by atoms with Crippen LogP contribution in [0.5, 0.6) is 5.75 Å². The summed E-state index contributed by atoms with van der Waals surface area (Å²) in [5, 5.41) is 2.77. The van der Waals surface area contributed by atoms with Crippen molar-refractivity contribution in [2.45, 2.75) is 13.3 Å². The summed E-state index contributed by atoms with van der Waals surface area (Å²) in [5.41, 5.74) is 0. The van der Waals surface area contributed by atoms with E-state index in [4.69, 9.17) is 4.74 Å². The van der Waals surface area contributed by atoms with E-state index in [0.29, 0.717) is 26.2 Å². The lowest BCUT2D eigenvalue weighted by Gasteiger charge is -2.19. The molecule has 0 bridgehead atoms. The molecule has 0 aliphatic carbocycles. The summed E-state index contributed by atoms with van der Waals surface area (Å²) in [5.74, 6) is 0.628. The zero-order valence-corrected chi connectivity index (χ0v) is 12.4. The number of hydrogen-bond donors (Lipinski definition) is 1. The Kier molecular flexibility index (Phi) is 7.64. The number of rotatable bonds is 9. The Labute approximate surface area is 125 Å². The topological polar surface area (TPSA) is 58.6 Å². The normalized spacial score (nSPS) is 9.76. The van der Waals surface area contributed by atoms with Gasteiger partial charge in [-0.15, -0.1) is 6.58 Å². The minimum absolute atomic E-state index is 0.0310. The number of ether oxygens (including phenoxy) is 1. The quantitative estimate of drug-likeness (QED) is 0.703. The lowest BCUT2D eigenvalue weighted by Crippen LogP contribution is -2.37. The molecule has 0 aliphatic rings. The molecule has 1 rings (SSSR count). The molecule has 0 saturated heterocycles. The van der Waals surface area contributed by atoms with Crippen molar-refractivity contribution in [3.8, 4) is 5.75 Å². The van der Waals surface area contributed by atoms with Gasteiger partial charge >= 0.3 is 0 Å². The molecule has 0 atom stereocenters. The molecule has 5 nitrogen and oxygen atoms in total. The molecule has 0 aromatic heterocycles. The van der Waals surface area contributed by atoms with Crippen molar-refractivity contribution >= 4 is 11.8 Å². The fourth-order valence-electron chi connectivity index (χ4n) is 1.73. The molecule has 1 aromatic carbocycles. The van der Waals surface area contributed by atoms with Gasteiger partial charge in [0.05, 0.1) is 13.0 Å². The third-order valence-corrected chi connectivity index (χ3v) is 2.84. The largest absolute Gasteiger partial charge is 0.493 e. The molecule has 5 heteroatoms. The van der Waals surface area contributed by atoms with Crippen LogP contribution in [-0.2, 0) is 9.59 Å². The molecule has 0 unspecified atom stereocenters. The Morgan fingerprint density at radius 3 is 2.67 bits per heavy atom. The molecular weight excluding hydrogens is 268 g/mol. The third kappa shape index (κ3) is 7.15. The van der Waals surface area contributed by atoms with Gasteiger partial charge in [-0.05, 0) is 12.1 Å². The molecule has 21 heavy (non-hydrogen) atoms. The molecule has 114 valence electrons. The Balaban J connectivity index is 2.16. The predicted octanol–water partition coefficient (Wildman–Crippen LogP) is 1.61. The second kappa shape index (κ2) is 9.58. The van der Waals surface area contributed by atoms with E-state index in [0.717, 1.165) is 5.75 Å². The fourth-order valence-corrected chi connectivity index (χ4v) is 1.73. The Morgan fingerprint density at radius 1 is 1.33 bits per heavy atom. The zero-order chi connectivity index (χ0) is 15.5. The Morgan fingerprint density at radius 2 is 2.05 bits per heavy atom. The highest BCUT2D eigenvalue weighted by Gasteiger charge is 2.07. The van der Waals surface area contributed by atoms with E-state index in [1.54, 1.807) is 11.0 Å². The number of hydrogen-bond acceptors (Lipinski definition) is 3. The standard InChI is InChI=1S/C16H22N2O3/c1-3-11-18(14(2)19)12-10-17-16(20)9-13-21-15-7-5-4-6-8-15/h3-8H,1,9-13H2,2H3,(H,17,20). The van der Waals surface area contributed by atoms with Crippen molar-refractivity contribution in [1.82, 2.24) is 10.2 Å². The van der Waals surface area contributed by atoms with Crippen LogP contribution in [0, 0.1) is 0 Å². The number of carbonyl (C=O) groups is 2. The first kappa shape index (κ1) is 16.8. The number of nitrogens with zero attached hydrogens (tertiary/aromatic N) is 1. The van der Waals surface area contributed by atoms with Gasteiger partial charge in [0.25, 0.3) is 0 Å². The highest BCUT2D eigenvalue weighted by atomic mass is 16.5. The number of para-hydroxylation sites is 1. The zero-order valence-electron chi connectivity index (χ0n) is 12.4. The van der Waals surface area contributed by atoms with Crippen LogP contribution in [0.4, 0.5) is 0 Å². The first-order valence-corrected chi connectivity index (χ1v) is 6.94. The van der Waals surface area contributed by atoms with Crippen molar-refractivity contribution < 1.29 is 14.3 Å². The van der Waals surface area contributed by atoms with Crippen LogP contribution < -0.4 is 10.1 Å². The van der Waals surface area contributed by atoms with Gasteiger partial charge in [0.2, 0.25) is 11.8 Å². The molecule has 0 heterocycles. The molecule has 1 N–H and O–H groups in total. The van der Waals surface area contributed by atoms with Crippen molar-refractivity contribution in [3.05, 3.63) is 43.0 Å². The molecule has 1 aromatic rings. The first-order valence-electron chi connectivity index (χ1n) is 6.94. The third-order valence-electron chi connectivity index (χ3n) is 2.84. The number of benzene rings is 1. The van der Waals surface area contributed by atoms with E-state index in [-0.39, 0.29) is 18.2 Å². The minimum Gasteiger partial charge on any atom is -0.493 e. The summed E-state index contributed by atoms with van der Waals surface area (Å²) in [6.07, 6.45) is 1.95. The van der Waals surface area contributed by atoms with Gasteiger partial charge in [-0.1, -0.05) is 24.3 Å². The van der Waals surface area contributed by atoms with Gasteiger partial charge in [0.1, 0.15) is 5.75 Å².